The predicted octanol–water partition coefficient (Wildman–Crippen LogP) is 1.39. The highest BCUT2D eigenvalue weighted by molar-refractivity contribution is 5.11. The normalized spacial score (nSPS) is 28.6. The Bertz CT molecular complexity index is 488. The number of likely N-dealkylation sites (tertiary alicyclic amines) is 1. The highest BCUT2D eigenvalue weighted by atomic mass is 16.5. The fraction of sp³-hybridized carbons (Fsp3) is 0.722. The van der Waals surface area contributed by atoms with Gasteiger partial charge in [0.15, 0.2) is 0 Å². The molecule has 5 nitrogen and oxygen atoms in total. The topological polar surface area (TPSA) is 37.8 Å². The van der Waals surface area contributed by atoms with Gasteiger partial charge < -0.3 is 9.47 Å². The van der Waals surface area contributed by atoms with Gasteiger partial charge in [-0.25, -0.2) is 0 Å². The third-order valence-corrected chi connectivity index (χ3v) is 5.41. The Morgan fingerprint density at radius 2 is 2.09 bits per heavy atom. The Balaban J connectivity index is 1.20. The molecule has 126 valence electrons. The summed E-state index contributed by atoms with van der Waals surface area (Å²) in [5, 5.41) is 0. The summed E-state index contributed by atoms with van der Waals surface area (Å²) in [5.74, 6) is 0.700. The molecular weight excluding hydrogens is 290 g/mol. The van der Waals surface area contributed by atoms with Crippen molar-refractivity contribution in [2.75, 3.05) is 52.5 Å². The van der Waals surface area contributed by atoms with Crippen molar-refractivity contribution < 1.29 is 9.47 Å². The van der Waals surface area contributed by atoms with E-state index in [9.17, 15) is 0 Å². The first-order valence-corrected chi connectivity index (χ1v) is 8.87. The second-order valence-electron chi connectivity index (χ2n) is 7.32. The number of rotatable bonds is 4. The quantitative estimate of drug-likeness (QED) is 0.839. The largest absolute Gasteiger partial charge is 0.379 e. The van der Waals surface area contributed by atoms with E-state index in [1.165, 1.54) is 24.9 Å². The second-order valence-corrected chi connectivity index (χ2v) is 7.32. The van der Waals surface area contributed by atoms with Gasteiger partial charge in [-0.3, -0.25) is 14.8 Å². The van der Waals surface area contributed by atoms with Crippen molar-refractivity contribution in [3.05, 3.63) is 30.1 Å². The van der Waals surface area contributed by atoms with E-state index < -0.39 is 0 Å². The molecule has 3 aliphatic heterocycles. The molecule has 0 N–H and O–H groups in total. The van der Waals surface area contributed by atoms with Crippen LogP contribution in [0.2, 0.25) is 0 Å². The molecule has 0 saturated carbocycles. The third-order valence-electron chi connectivity index (χ3n) is 5.41. The van der Waals surface area contributed by atoms with Gasteiger partial charge >= 0.3 is 0 Å². The molecule has 0 amide bonds. The van der Waals surface area contributed by atoms with Crippen LogP contribution >= 0.6 is 0 Å². The summed E-state index contributed by atoms with van der Waals surface area (Å²) in [6.45, 7) is 9.20. The van der Waals surface area contributed by atoms with Crippen molar-refractivity contribution in [3.63, 3.8) is 0 Å². The van der Waals surface area contributed by atoms with E-state index in [1.807, 2.05) is 18.5 Å². The highest BCUT2D eigenvalue weighted by Crippen LogP contribution is 2.36. The third kappa shape index (κ3) is 3.74. The van der Waals surface area contributed by atoms with Gasteiger partial charge in [-0.05, 0) is 30.4 Å². The molecule has 0 bridgehead atoms. The van der Waals surface area contributed by atoms with Crippen molar-refractivity contribution in [2.24, 2.45) is 5.92 Å². The van der Waals surface area contributed by atoms with Gasteiger partial charge in [-0.15, -0.1) is 0 Å². The zero-order valence-corrected chi connectivity index (χ0v) is 13.8. The SMILES string of the molecule is c1cncc(CN2CC3(CCC(CN4CCOCC4)CO3)C2)c1. The van der Waals surface area contributed by atoms with Crippen LogP contribution in [0.3, 0.4) is 0 Å². The Hall–Kier alpha value is -1.01. The Labute approximate surface area is 138 Å². The predicted molar refractivity (Wildman–Crippen MR) is 88.2 cm³/mol. The van der Waals surface area contributed by atoms with Gasteiger partial charge in [-0.1, -0.05) is 6.07 Å². The number of ether oxygens (including phenoxy) is 2. The lowest BCUT2D eigenvalue weighted by Gasteiger charge is -2.53. The van der Waals surface area contributed by atoms with Crippen molar-refractivity contribution in [2.45, 2.75) is 25.0 Å². The molecule has 3 saturated heterocycles. The maximum absolute atomic E-state index is 6.31. The number of hydrogen-bond acceptors (Lipinski definition) is 5. The van der Waals surface area contributed by atoms with Crippen LogP contribution in [-0.2, 0) is 16.0 Å². The van der Waals surface area contributed by atoms with Gasteiger partial charge in [0.1, 0.15) is 0 Å². The zero-order valence-electron chi connectivity index (χ0n) is 13.8. The summed E-state index contributed by atoms with van der Waals surface area (Å²) >= 11 is 0. The Kier molecular flexibility index (Phi) is 4.62. The fourth-order valence-corrected chi connectivity index (χ4v) is 4.09. The maximum Gasteiger partial charge on any atom is 0.0935 e. The lowest BCUT2D eigenvalue weighted by molar-refractivity contribution is -0.184. The minimum atomic E-state index is 0.143. The molecule has 1 spiro atoms. The molecule has 3 aliphatic rings. The van der Waals surface area contributed by atoms with Crippen molar-refractivity contribution >= 4 is 0 Å². The minimum Gasteiger partial charge on any atom is -0.379 e. The number of aromatic nitrogens is 1. The standard InChI is InChI=1S/C18H27N3O2/c1-2-16(10-19-5-1)11-21-14-18(15-21)4-3-17(13-23-18)12-20-6-8-22-9-7-20/h1-2,5,10,17H,3-4,6-9,11-15H2. The molecule has 0 radical (unpaired) electrons. The molecule has 3 fully saturated rings. The first kappa shape index (κ1) is 15.5. The number of pyridine rings is 1. The van der Waals surface area contributed by atoms with Crippen LogP contribution in [0.5, 0.6) is 0 Å². The van der Waals surface area contributed by atoms with Crippen LogP contribution < -0.4 is 0 Å². The van der Waals surface area contributed by atoms with Crippen LogP contribution in [0, 0.1) is 5.92 Å². The summed E-state index contributed by atoms with van der Waals surface area (Å²) in [6.07, 6.45) is 6.31. The summed E-state index contributed by atoms with van der Waals surface area (Å²) in [6, 6.07) is 4.16. The van der Waals surface area contributed by atoms with Gasteiger partial charge in [-0.2, -0.15) is 0 Å². The molecule has 1 aromatic rings. The van der Waals surface area contributed by atoms with Gasteiger partial charge in [0.25, 0.3) is 0 Å². The maximum atomic E-state index is 6.31. The van der Waals surface area contributed by atoms with Crippen molar-refractivity contribution in [1.29, 1.82) is 0 Å². The molecule has 5 heteroatoms. The molecule has 23 heavy (non-hydrogen) atoms. The monoisotopic (exact) mass is 317 g/mol. The first-order chi connectivity index (χ1) is 11.3. The van der Waals surface area contributed by atoms with E-state index in [2.05, 4.69) is 20.9 Å². The molecule has 4 rings (SSSR count). The average Bonchev–Trinajstić information content (AvgIpc) is 2.57. The highest BCUT2D eigenvalue weighted by Gasteiger charge is 2.46. The lowest BCUT2D eigenvalue weighted by atomic mass is 9.82. The van der Waals surface area contributed by atoms with Gasteiger partial charge in [0.2, 0.25) is 0 Å². The molecule has 1 atom stereocenters. The second kappa shape index (κ2) is 6.85. The summed E-state index contributed by atoms with van der Waals surface area (Å²) in [7, 11) is 0. The van der Waals surface area contributed by atoms with Crippen molar-refractivity contribution in [3.8, 4) is 0 Å². The van der Waals surface area contributed by atoms with Crippen molar-refractivity contribution in [1.82, 2.24) is 14.8 Å². The van der Waals surface area contributed by atoms with E-state index in [0.717, 1.165) is 52.5 Å². The molecule has 1 aromatic heterocycles. The minimum absolute atomic E-state index is 0.143. The number of nitrogens with zero attached hydrogens (tertiary/aromatic N) is 3. The van der Waals surface area contributed by atoms with Crippen LogP contribution in [0.15, 0.2) is 24.5 Å². The lowest BCUT2D eigenvalue weighted by Crippen LogP contribution is -2.64. The summed E-state index contributed by atoms with van der Waals surface area (Å²) in [5.41, 5.74) is 1.44. The Morgan fingerprint density at radius 1 is 1.22 bits per heavy atom. The van der Waals surface area contributed by atoms with E-state index in [0.29, 0.717) is 5.92 Å². The number of hydrogen-bond donors (Lipinski definition) is 0. The zero-order chi connectivity index (χ0) is 15.5. The van der Waals surface area contributed by atoms with E-state index in [-0.39, 0.29) is 5.60 Å². The Morgan fingerprint density at radius 3 is 2.78 bits per heavy atom. The molecule has 4 heterocycles. The van der Waals surface area contributed by atoms with Crippen LogP contribution in [-0.4, -0.2) is 72.9 Å². The summed E-state index contributed by atoms with van der Waals surface area (Å²) < 4.78 is 11.7. The van der Waals surface area contributed by atoms with Crippen LogP contribution in [0.1, 0.15) is 18.4 Å². The van der Waals surface area contributed by atoms with E-state index >= 15 is 0 Å². The first-order valence-electron chi connectivity index (χ1n) is 8.87. The smallest absolute Gasteiger partial charge is 0.0935 e. The fourth-order valence-electron chi connectivity index (χ4n) is 4.09. The molecule has 0 aromatic carbocycles. The van der Waals surface area contributed by atoms with Gasteiger partial charge in [0, 0.05) is 51.7 Å². The molecule has 1 unspecified atom stereocenters. The summed E-state index contributed by atoms with van der Waals surface area (Å²) in [4.78, 5) is 9.20. The molecule has 0 aliphatic carbocycles. The van der Waals surface area contributed by atoms with Crippen LogP contribution in [0.25, 0.3) is 0 Å². The number of morpholine rings is 1. The van der Waals surface area contributed by atoms with E-state index in [4.69, 9.17) is 9.47 Å². The average molecular weight is 317 g/mol. The van der Waals surface area contributed by atoms with E-state index in [1.54, 1.807) is 0 Å². The molecular formula is C18H27N3O2. The van der Waals surface area contributed by atoms with Gasteiger partial charge in [0.05, 0.1) is 25.4 Å². The van der Waals surface area contributed by atoms with Crippen LogP contribution in [0.4, 0.5) is 0 Å².